The van der Waals surface area contributed by atoms with Crippen LogP contribution in [0.5, 0.6) is 11.5 Å². The highest BCUT2D eigenvalue weighted by Crippen LogP contribution is 2.21. The van der Waals surface area contributed by atoms with E-state index in [1.807, 2.05) is 84.9 Å². The van der Waals surface area contributed by atoms with E-state index in [-0.39, 0.29) is 5.56 Å². The molecule has 0 N–H and O–H groups in total. The third-order valence-corrected chi connectivity index (χ3v) is 6.95. The van der Waals surface area contributed by atoms with Gasteiger partial charge in [-0.15, -0.1) is 5.10 Å². The molecular formula is C30H29N3O3S. The maximum Gasteiger partial charge on any atom is 0.291 e. The lowest BCUT2D eigenvalue weighted by molar-refractivity contribution is 0.305. The minimum atomic E-state index is -0.171. The number of fused-ring (bicyclic) bond motifs is 1. The number of ether oxygens (including phenoxy) is 2. The molecule has 0 radical (unpaired) electrons. The number of unbranched alkanes of at least 4 members (excludes halogenated alkanes) is 3. The molecule has 5 aromatic rings. The second-order valence-electron chi connectivity index (χ2n) is 8.82. The zero-order valence-corrected chi connectivity index (χ0v) is 21.6. The highest BCUT2D eigenvalue weighted by Gasteiger charge is 2.12. The summed E-state index contributed by atoms with van der Waals surface area (Å²) < 4.78 is 13.6. The predicted molar refractivity (Wildman–Crippen MR) is 148 cm³/mol. The summed E-state index contributed by atoms with van der Waals surface area (Å²) in [6.07, 6.45) is 6.56. The van der Waals surface area contributed by atoms with Crippen LogP contribution in [0.4, 0.5) is 0 Å². The van der Waals surface area contributed by atoms with Crippen LogP contribution in [-0.2, 0) is 6.61 Å². The van der Waals surface area contributed by atoms with Crippen molar-refractivity contribution < 1.29 is 9.47 Å². The van der Waals surface area contributed by atoms with E-state index in [1.165, 1.54) is 35.1 Å². The van der Waals surface area contributed by atoms with E-state index in [9.17, 15) is 4.79 Å². The molecule has 0 bridgehead atoms. The molecule has 7 heteroatoms. The van der Waals surface area contributed by atoms with Crippen LogP contribution in [0.3, 0.4) is 0 Å². The molecule has 188 valence electrons. The summed E-state index contributed by atoms with van der Waals surface area (Å²) in [5.74, 6) is 2.15. The van der Waals surface area contributed by atoms with Crippen molar-refractivity contribution in [1.29, 1.82) is 0 Å². The fourth-order valence-electron chi connectivity index (χ4n) is 3.93. The van der Waals surface area contributed by atoms with Crippen molar-refractivity contribution in [2.24, 2.45) is 0 Å². The Morgan fingerprint density at radius 3 is 2.32 bits per heavy atom. The largest absolute Gasteiger partial charge is 0.494 e. The summed E-state index contributed by atoms with van der Waals surface area (Å²) >= 11 is 1.33. The molecule has 0 aliphatic heterocycles. The van der Waals surface area contributed by atoms with Crippen molar-refractivity contribution in [3.05, 3.63) is 105 Å². The second-order valence-corrected chi connectivity index (χ2v) is 9.83. The molecule has 0 aliphatic rings. The van der Waals surface area contributed by atoms with Crippen molar-refractivity contribution in [3.8, 4) is 22.9 Å². The highest BCUT2D eigenvalue weighted by molar-refractivity contribution is 7.15. The Kier molecular flexibility index (Phi) is 7.91. The fraction of sp³-hybridized carbons (Fsp3) is 0.233. The third kappa shape index (κ3) is 6.24. The maximum absolute atomic E-state index is 12.9. The molecule has 0 amide bonds. The summed E-state index contributed by atoms with van der Waals surface area (Å²) in [5, 5.41) is 4.46. The van der Waals surface area contributed by atoms with Crippen LogP contribution < -0.4 is 19.6 Å². The molecule has 0 unspecified atom stereocenters. The van der Waals surface area contributed by atoms with Crippen LogP contribution in [0, 0.1) is 0 Å². The first kappa shape index (κ1) is 24.7. The topological polar surface area (TPSA) is 65.7 Å². The summed E-state index contributed by atoms with van der Waals surface area (Å²) in [6, 6.07) is 25.4. The van der Waals surface area contributed by atoms with Gasteiger partial charge in [-0.05, 0) is 60.0 Å². The van der Waals surface area contributed by atoms with E-state index in [0.717, 1.165) is 41.2 Å². The van der Waals surface area contributed by atoms with Crippen LogP contribution in [0.1, 0.15) is 43.7 Å². The maximum atomic E-state index is 12.9. The molecule has 0 saturated carbocycles. The normalized spacial score (nSPS) is 11.8. The standard InChI is InChI=1S/C30H29N3O3S/c1-2-3-4-8-19-35-25-17-13-24(14-18-25)28-31-30-33(32-28)29(34)27(37-30)20-22-11-15-26(16-12-22)36-21-23-9-6-5-7-10-23/h5-7,9-18,20H,2-4,8,19,21H2,1H3/b27-20+. The predicted octanol–water partition coefficient (Wildman–Crippen LogP) is 5.90. The molecule has 2 heterocycles. The van der Waals surface area contributed by atoms with Gasteiger partial charge in [0, 0.05) is 5.56 Å². The van der Waals surface area contributed by atoms with Gasteiger partial charge < -0.3 is 9.47 Å². The summed E-state index contributed by atoms with van der Waals surface area (Å²) in [5.41, 5.74) is 2.71. The van der Waals surface area contributed by atoms with Gasteiger partial charge in [0.1, 0.15) is 18.1 Å². The Hall–Kier alpha value is -3.97. The van der Waals surface area contributed by atoms with Crippen LogP contribution in [0.25, 0.3) is 22.4 Å². The van der Waals surface area contributed by atoms with Gasteiger partial charge >= 0.3 is 0 Å². The van der Waals surface area contributed by atoms with Crippen molar-refractivity contribution >= 4 is 22.4 Å². The monoisotopic (exact) mass is 511 g/mol. The minimum Gasteiger partial charge on any atom is -0.494 e. The molecule has 0 fully saturated rings. The molecule has 5 rings (SSSR count). The molecule has 0 saturated heterocycles. The third-order valence-electron chi connectivity index (χ3n) is 5.99. The van der Waals surface area contributed by atoms with Gasteiger partial charge in [0.2, 0.25) is 4.96 Å². The molecule has 2 aromatic heterocycles. The summed E-state index contributed by atoms with van der Waals surface area (Å²) in [6.45, 7) is 3.44. The summed E-state index contributed by atoms with van der Waals surface area (Å²) in [7, 11) is 0. The van der Waals surface area contributed by atoms with Gasteiger partial charge in [0.25, 0.3) is 5.56 Å². The lowest BCUT2D eigenvalue weighted by atomic mass is 10.2. The molecule has 3 aromatic carbocycles. The Morgan fingerprint density at radius 2 is 1.59 bits per heavy atom. The number of aromatic nitrogens is 3. The Labute approximate surface area is 219 Å². The lowest BCUT2D eigenvalue weighted by Gasteiger charge is -2.06. The van der Waals surface area contributed by atoms with Crippen LogP contribution >= 0.6 is 11.3 Å². The molecule has 6 nitrogen and oxygen atoms in total. The van der Waals surface area contributed by atoms with Gasteiger partial charge in [0.15, 0.2) is 5.82 Å². The average molecular weight is 512 g/mol. The number of rotatable bonds is 11. The average Bonchev–Trinajstić information content (AvgIpc) is 3.48. The van der Waals surface area contributed by atoms with Gasteiger partial charge in [-0.25, -0.2) is 0 Å². The van der Waals surface area contributed by atoms with Crippen LogP contribution in [-0.4, -0.2) is 21.2 Å². The fourth-order valence-corrected chi connectivity index (χ4v) is 4.84. The zero-order valence-electron chi connectivity index (χ0n) is 20.8. The van der Waals surface area contributed by atoms with E-state index >= 15 is 0 Å². The lowest BCUT2D eigenvalue weighted by Crippen LogP contribution is -2.23. The highest BCUT2D eigenvalue weighted by atomic mass is 32.1. The van der Waals surface area contributed by atoms with Gasteiger partial charge in [-0.3, -0.25) is 4.79 Å². The molecule has 0 spiro atoms. The van der Waals surface area contributed by atoms with Crippen molar-refractivity contribution in [2.45, 2.75) is 39.2 Å². The van der Waals surface area contributed by atoms with Gasteiger partial charge in [-0.2, -0.15) is 9.50 Å². The first-order valence-corrected chi connectivity index (χ1v) is 13.4. The van der Waals surface area contributed by atoms with E-state index < -0.39 is 0 Å². The SMILES string of the molecule is CCCCCCOc1ccc(-c2nc3s/c(=C/c4ccc(OCc5ccccc5)cc4)c(=O)n3n2)cc1. The number of nitrogens with zero attached hydrogens (tertiary/aromatic N) is 3. The first-order valence-electron chi connectivity index (χ1n) is 12.6. The number of thiazole rings is 1. The van der Waals surface area contributed by atoms with E-state index in [2.05, 4.69) is 17.0 Å². The van der Waals surface area contributed by atoms with Crippen molar-refractivity contribution in [2.75, 3.05) is 6.61 Å². The molecule has 0 aliphatic carbocycles. The smallest absolute Gasteiger partial charge is 0.291 e. The van der Waals surface area contributed by atoms with Crippen LogP contribution in [0.15, 0.2) is 83.7 Å². The summed E-state index contributed by atoms with van der Waals surface area (Å²) in [4.78, 5) is 18.1. The van der Waals surface area contributed by atoms with E-state index in [4.69, 9.17) is 9.47 Å². The van der Waals surface area contributed by atoms with Crippen LogP contribution in [0.2, 0.25) is 0 Å². The Bertz CT molecular complexity index is 1540. The number of hydrogen-bond acceptors (Lipinski definition) is 6. The van der Waals surface area contributed by atoms with E-state index in [1.54, 1.807) is 0 Å². The Balaban J connectivity index is 1.25. The number of benzene rings is 3. The molecule has 37 heavy (non-hydrogen) atoms. The second kappa shape index (κ2) is 11.8. The Morgan fingerprint density at radius 1 is 0.865 bits per heavy atom. The molecule has 0 atom stereocenters. The molecular weight excluding hydrogens is 482 g/mol. The van der Waals surface area contributed by atoms with Crippen molar-refractivity contribution in [1.82, 2.24) is 14.6 Å². The van der Waals surface area contributed by atoms with E-state index in [0.29, 0.717) is 21.9 Å². The first-order chi connectivity index (χ1) is 18.2. The van der Waals surface area contributed by atoms with Gasteiger partial charge in [-0.1, -0.05) is 80.0 Å². The number of hydrogen-bond donors (Lipinski definition) is 0. The minimum absolute atomic E-state index is 0.171. The van der Waals surface area contributed by atoms with Crippen molar-refractivity contribution in [3.63, 3.8) is 0 Å². The van der Waals surface area contributed by atoms with Gasteiger partial charge in [0.05, 0.1) is 11.1 Å². The quantitative estimate of drug-likeness (QED) is 0.207. The zero-order chi connectivity index (χ0) is 25.5.